The van der Waals surface area contributed by atoms with Gasteiger partial charge in [0.2, 0.25) is 11.8 Å². The fourth-order valence-electron chi connectivity index (χ4n) is 1.77. The fraction of sp³-hybridized carbons (Fsp3) is 0.333. The number of nitrogens with one attached hydrogen (secondary N) is 2. The van der Waals surface area contributed by atoms with Crippen molar-refractivity contribution in [2.75, 3.05) is 11.6 Å². The van der Waals surface area contributed by atoms with Crippen molar-refractivity contribution in [3.05, 3.63) is 29.5 Å². The van der Waals surface area contributed by atoms with Crippen LogP contribution in [0.15, 0.2) is 28.2 Å². The average molecular weight is 332 g/mol. The largest absolute Gasteiger partial charge is 0.443 e. The molecule has 108 valence electrons. The highest BCUT2D eigenvalue weighted by Crippen LogP contribution is 2.23. The van der Waals surface area contributed by atoms with E-state index in [2.05, 4.69) is 15.6 Å². The summed E-state index contributed by atoms with van der Waals surface area (Å²) in [5.41, 5.74) is 0.738. The number of hydrogen-bond acceptors (Lipinski definition) is 6. The van der Waals surface area contributed by atoms with E-state index in [1.165, 1.54) is 0 Å². The third-order valence-corrected chi connectivity index (χ3v) is 4.56. The lowest BCUT2D eigenvalue weighted by Crippen LogP contribution is -2.41. The zero-order valence-electron chi connectivity index (χ0n) is 10.5. The van der Waals surface area contributed by atoms with Crippen molar-refractivity contribution in [1.82, 2.24) is 15.6 Å². The third kappa shape index (κ3) is 3.54. The van der Waals surface area contributed by atoms with Crippen molar-refractivity contribution in [3.63, 3.8) is 0 Å². The normalized spacial score (nSPS) is 17.7. The molecular weight excluding hydrogens is 318 g/mol. The Hall–Kier alpha value is -1.02. The van der Waals surface area contributed by atoms with Gasteiger partial charge in [0.05, 0.1) is 23.2 Å². The Morgan fingerprint density at radius 3 is 3.20 bits per heavy atom. The minimum atomic E-state index is -0.0892. The van der Waals surface area contributed by atoms with Crippen LogP contribution in [0.3, 0.4) is 0 Å². The molecule has 0 aliphatic carbocycles. The van der Waals surface area contributed by atoms with E-state index in [1.807, 2.05) is 17.5 Å². The molecule has 1 amide bonds. The predicted molar refractivity (Wildman–Crippen MR) is 83.2 cm³/mol. The van der Waals surface area contributed by atoms with Crippen LogP contribution < -0.4 is 10.6 Å². The molecule has 1 fully saturated rings. The first-order chi connectivity index (χ1) is 9.33. The van der Waals surface area contributed by atoms with Gasteiger partial charge in [0.25, 0.3) is 0 Å². The van der Waals surface area contributed by atoms with Crippen LogP contribution in [0.5, 0.6) is 0 Å². The fourth-order valence-corrected chi connectivity index (χ4v) is 3.36. The van der Waals surface area contributed by atoms with Crippen LogP contribution in [-0.4, -0.2) is 28.6 Å². The second kappa shape index (κ2) is 7.12. The molecule has 0 spiro atoms. The first kappa shape index (κ1) is 15.4. The average Bonchev–Trinajstić information content (AvgIpc) is 3.14. The number of amides is 1. The summed E-state index contributed by atoms with van der Waals surface area (Å²) >= 11 is 3.31. The number of carbonyl (C=O) groups is 1. The van der Waals surface area contributed by atoms with Gasteiger partial charge in [0.15, 0.2) is 0 Å². The van der Waals surface area contributed by atoms with E-state index in [-0.39, 0.29) is 24.4 Å². The number of halogens is 1. The van der Waals surface area contributed by atoms with E-state index in [0.29, 0.717) is 12.4 Å². The number of hydrogen-bond donors (Lipinski definition) is 2. The summed E-state index contributed by atoms with van der Waals surface area (Å²) in [5, 5.41) is 7.97. The molecule has 1 aliphatic rings. The maximum absolute atomic E-state index is 11.8. The molecule has 1 aliphatic heterocycles. The van der Waals surface area contributed by atoms with E-state index < -0.39 is 0 Å². The summed E-state index contributed by atoms with van der Waals surface area (Å²) in [4.78, 5) is 17.2. The van der Waals surface area contributed by atoms with Crippen molar-refractivity contribution in [3.8, 4) is 10.8 Å². The lowest BCUT2D eigenvalue weighted by atomic mass is 10.3. The van der Waals surface area contributed by atoms with Gasteiger partial charge < -0.3 is 9.73 Å². The highest BCUT2D eigenvalue weighted by atomic mass is 35.5. The van der Waals surface area contributed by atoms with Gasteiger partial charge in [-0.1, -0.05) is 6.07 Å². The molecule has 1 atom stereocenters. The molecule has 3 rings (SSSR count). The molecule has 0 bridgehead atoms. The van der Waals surface area contributed by atoms with Gasteiger partial charge in [-0.25, -0.2) is 4.98 Å². The molecule has 8 heteroatoms. The Morgan fingerprint density at radius 2 is 2.50 bits per heavy atom. The van der Waals surface area contributed by atoms with Gasteiger partial charge in [-0.15, -0.1) is 35.5 Å². The predicted octanol–water partition coefficient (Wildman–Crippen LogP) is 2.10. The number of thiophene rings is 1. The molecule has 2 N–H and O–H groups in total. The summed E-state index contributed by atoms with van der Waals surface area (Å²) in [6.07, 6.45) is 1.59. The molecule has 0 aromatic carbocycles. The molecular formula is C12H14ClN3O2S2. The first-order valence-corrected chi connectivity index (χ1v) is 7.93. The smallest absolute Gasteiger partial charge is 0.238 e. The van der Waals surface area contributed by atoms with Crippen LogP contribution in [0.4, 0.5) is 0 Å². The molecule has 3 heterocycles. The molecule has 5 nitrogen and oxygen atoms in total. The van der Waals surface area contributed by atoms with Crippen LogP contribution in [0.2, 0.25) is 0 Å². The Morgan fingerprint density at radius 1 is 1.60 bits per heavy atom. The number of aromatic nitrogens is 1. The molecule has 1 unspecified atom stereocenters. The molecule has 2 aromatic rings. The maximum atomic E-state index is 11.8. The monoisotopic (exact) mass is 331 g/mol. The summed E-state index contributed by atoms with van der Waals surface area (Å²) in [6, 6.07) is 3.82. The van der Waals surface area contributed by atoms with Crippen LogP contribution in [-0.2, 0) is 11.3 Å². The van der Waals surface area contributed by atoms with Gasteiger partial charge in [-0.2, -0.15) is 0 Å². The summed E-state index contributed by atoms with van der Waals surface area (Å²) in [5.74, 6) is 2.29. The standard InChI is InChI=1S/C12H13N3O2S2.ClH/c16-11(9-6-18-7-14-9)13-4-8-5-17-12(15-8)10-2-1-3-19-10;/h1-3,5,9,14H,4,6-7H2,(H,13,16);1H. The maximum Gasteiger partial charge on any atom is 0.238 e. The summed E-state index contributed by atoms with van der Waals surface area (Å²) in [6.45, 7) is 0.399. The van der Waals surface area contributed by atoms with Gasteiger partial charge in [-0.05, 0) is 11.4 Å². The lowest BCUT2D eigenvalue weighted by molar-refractivity contribution is -0.122. The van der Waals surface area contributed by atoms with E-state index in [4.69, 9.17) is 4.42 Å². The third-order valence-electron chi connectivity index (χ3n) is 2.76. The zero-order valence-corrected chi connectivity index (χ0v) is 12.9. The Kier molecular flexibility index (Phi) is 5.47. The van der Waals surface area contributed by atoms with Crippen molar-refractivity contribution >= 4 is 41.4 Å². The summed E-state index contributed by atoms with van der Waals surface area (Å²) < 4.78 is 5.40. The second-order valence-electron chi connectivity index (χ2n) is 4.11. The van der Waals surface area contributed by atoms with Crippen LogP contribution in [0.1, 0.15) is 5.69 Å². The Balaban J connectivity index is 0.00000147. The number of rotatable bonds is 4. The van der Waals surface area contributed by atoms with Crippen LogP contribution in [0, 0.1) is 0 Å². The Labute approximate surface area is 130 Å². The molecule has 1 saturated heterocycles. The van der Waals surface area contributed by atoms with Crippen LogP contribution >= 0.6 is 35.5 Å². The SMILES string of the molecule is Cl.O=C(NCc1coc(-c2cccs2)n1)C1CSCN1. The molecule has 20 heavy (non-hydrogen) atoms. The van der Waals surface area contributed by atoms with E-state index >= 15 is 0 Å². The van der Waals surface area contributed by atoms with Gasteiger partial charge in [0, 0.05) is 11.6 Å². The van der Waals surface area contributed by atoms with Crippen molar-refractivity contribution in [2.45, 2.75) is 12.6 Å². The van der Waals surface area contributed by atoms with Crippen molar-refractivity contribution < 1.29 is 9.21 Å². The van der Waals surface area contributed by atoms with Crippen molar-refractivity contribution in [2.24, 2.45) is 0 Å². The van der Waals surface area contributed by atoms with Gasteiger partial charge in [-0.3, -0.25) is 10.1 Å². The number of carbonyl (C=O) groups excluding carboxylic acids is 1. The molecule has 0 radical (unpaired) electrons. The number of oxazole rings is 1. The topological polar surface area (TPSA) is 67.2 Å². The Bertz CT molecular complexity index is 553. The number of nitrogens with zero attached hydrogens (tertiary/aromatic N) is 1. The number of thioether (sulfide) groups is 1. The first-order valence-electron chi connectivity index (χ1n) is 5.90. The quantitative estimate of drug-likeness (QED) is 0.898. The van der Waals surface area contributed by atoms with Crippen LogP contribution in [0.25, 0.3) is 10.8 Å². The highest BCUT2D eigenvalue weighted by molar-refractivity contribution is 7.99. The lowest BCUT2D eigenvalue weighted by Gasteiger charge is -2.08. The van der Waals surface area contributed by atoms with Gasteiger partial charge >= 0.3 is 0 Å². The second-order valence-corrected chi connectivity index (χ2v) is 6.09. The summed E-state index contributed by atoms with van der Waals surface area (Å²) in [7, 11) is 0. The van der Waals surface area contributed by atoms with Gasteiger partial charge in [0.1, 0.15) is 6.26 Å². The molecule has 0 saturated carbocycles. The minimum absolute atomic E-state index is 0. The van der Waals surface area contributed by atoms with Crippen molar-refractivity contribution in [1.29, 1.82) is 0 Å². The molecule has 2 aromatic heterocycles. The zero-order chi connectivity index (χ0) is 13.1. The van der Waals surface area contributed by atoms with E-state index in [0.717, 1.165) is 22.2 Å². The highest BCUT2D eigenvalue weighted by Gasteiger charge is 2.22. The van der Waals surface area contributed by atoms with E-state index in [1.54, 1.807) is 29.4 Å². The minimum Gasteiger partial charge on any atom is -0.443 e. The van der Waals surface area contributed by atoms with E-state index in [9.17, 15) is 4.79 Å².